The molecule has 0 fully saturated rings. The Morgan fingerprint density at radius 3 is 2.04 bits per heavy atom. The molecule has 0 radical (unpaired) electrons. The molecule has 0 amide bonds. The highest BCUT2D eigenvalue weighted by Crippen LogP contribution is 2.54. The van der Waals surface area contributed by atoms with Gasteiger partial charge in [0.2, 0.25) is 0 Å². The predicted octanol–water partition coefficient (Wildman–Crippen LogP) is 13.1. The number of rotatable bonds is 6. The van der Waals surface area contributed by atoms with E-state index in [2.05, 4.69) is 97.3 Å². The van der Waals surface area contributed by atoms with Crippen LogP contribution in [0.3, 0.4) is 0 Å². The molecule has 1 aliphatic rings. The predicted molar refractivity (Wildman–Crippen MR) is 230 cm³/mol. The van der Waals surface area contributed by atoms with Gasteiger partial charge in [0.05, 0.1) is 28.0 Å². The van der Waals surface area contributed by atoms with Gasteiger partial charge in [0, 0.05) is 32.4 Å². The van der Waals surface area contributed by atoms with Crippen LogP contribution < -0.4 is 0 Å². The van der Waals surface area contributed by atoms with Crippen molar-refractivity contribution >= 4 is 11.0 Å². The lowest BCUT2D eigenvalue weighted by molar-refractivity contribution is 0.477. The summed E-state index contributed by atoms with van der Waals surface area (Å²) in [6.45, 7) is 2.29. The van der Waals surface area contributed by atoms with E-state index in [9.17, 15) is 5.11 Å². The third-order valence-electron chi connectivity index (χ3n) is 11.3. The van der Waals surface area contributed by atoms with Crippen molar-refractivity contribution in [3.63, 3.8) is 0 Å². The summed E-state index contributed by atoms with van der Waals surface area (Å²) < 4.78 is 26.9. The Labute approximate surface area is 331 Å². The number of aromatic nitrogens is 3. The first-order chi connectivity index (χ1) is 28.6. The van der Waals surface area contributed by atoms with Crippen molar-refractivity contribution in [2.45, 2.75) is 26.1 Å². The molecule has 0 spiro atoms. The third kappa shape index (κ3) is 5.37. The number of phenols is 1. The van der Waals surface area contributed by atoms with Crippen molar-refractivity contribution in [2.24, 2.45) is 0 Å². The van der Waals surface area contributed by atoms with Crippen LogP contribution in [0.25, 0.3) is 83.9 Å². The first kappa shape index (κ1) is 30.3. The Morgan fingerprint density at radius 1 is 0.554 bits per heavy atom. The molecule has 1 N–H and O–H groups in total. The van der Waals surface area contributed by atoms with Gasteiger partial charge in [-0.1, -0.05) is 135 Å². The number of hydrogen-bond acceptors (Lipinski definition) is 3. The van der Waals surface area contributed by atoms with E-state index in [-0.39, 0.29) is 16.7 Å². The van der Waals surface area contributed by atoms with Crippen LogP contribution >= 0.6 is 0 Å². The van der Waals surface area contributed by atoms with E-state index in [4.69, 9.17) is 14.1 Å². The molecule has 0 saturated carbocycles. The van der Waals surface area contributed by atoms with E-state index >= 15 is 0 Å². The molecule has 2 aromatic heterocycles. The van der Waals surface area contributed by atoms with E-state index in [1.54, 1.807) is 24.3 Å². The molecule has 9 aromatic rings. The van der Waals surface area contributed by atoms with Gasteiger partial charge in [-0.3, -0.25) is 9.55 Å². The van der Waals surface area contributed by atoms with Crippen molar-refractivity contribution in [1.82, 2.24) is 14.5 Å². The molecule has 0 bridgehead atoms. The minimum atomic E-state index is -2.30. The van der Waals surface area contributed by atoms with Crippen molar-refractivity contribution in [3.05, 3.63) is 193 Å². The standard InChI is InChI=1S/C52H39N3O/c1-33-25-26-46(41(29-33)35-17-8-5-9-18-35)55-47-23-14-21-38(50(47)54-51(55)40-20-11-13-24-48(40)56)37-30-42-39-19-10-12-22-44(39)52(2,3)49(42)43(31-37)45-32-36(27-28-53-45)34-15-6-4-7-16-34/h4-32,56H,1-3H3/i1D3. The van der Waals surface area contributed by atoms with Crippen molar-refractivity contribution in [3.8, 4) is 78.6 Å². The highest BCUT2D eigenvalue weighted by atomic mass is 16.3. The lowest BCUT2D eigenvalue weighted by atomic mass is 9.78. The first-order valence-electron chi connectivity index (χ1n) is 20.4. The van der Waals surface area contributed by atoms with Gasteiger partial charge in [0.15, 0.2) is 0 Å². The summed E-state index contributed by atoms with van der Waals surface area (Å²) in [5, 5.41) is 11.4. The molecule has 268 valence electrons. The number of phenolic OH excluding ortho intramolecular Hbond substituents is 1. The van der Waals surface area contributed by atoms with Crippen molar-refractivity contribution in [1.29, 1.82) is 0 Å². The lowest BCUT2D eigenvalue weighted by Gasteiger charge is -2.25. The van der Waals surface area contributed by atoms with Gasteiger partial charge in [-0.05, 0) is 106 Å². The van der Waals surface area contributed by atoms with Gasteiger partial charge in [-0.25, -0.2) is 4.98 Å². The van der Waals surface area contributed by atoms with Crippen LogP contribution in [0, 0.1) is 6.85 Å². The summed E-state index contributed by atoms with van der Waals surface area (Å²) in [5.41, 5.74) is 15.3. The zero-order valence-corrected chi connectivity index (χ0v) is 31.0. The number of hydrogen-bond donors (Lipinski definition) is 1. The molecule has 0 aliphatic heterocycles. The zero-order valence-electron chi connectivity index (χ0n) is 34.0. The summed E-state index contributed by atoms with van der Waals surface area (Å²) in [5.74, 6) is 0.628. The number of para-hydroxylation sites is 2. The second-order valence-corrected chi connectivity index (χ2v) is 15.0. The van der Waals surface area contributed by atoms with Crippen molar-refractivity contribution < 1.29 is 9.22 Å². The van der Waals surface area contributed by atoms with Gasteiger partial charge in [-0.2, -0.15) is 0 Å². The van der Waals surface area contributed by atoms with Gasteiger partial charge in [0.1, 0.15) is 11.6 Å². The Bertz CT molecular complexity index is 3080. The average molecular weight is 725 g/mol. The van der Waals surface area contributed by atoms with E-state index in [1.165, 1.54) is 16.7 Å². The van der Waals surface area contributed by atoms with Crippen LogP contribution in [0.15, 0.2) is 176 Å². The number of nitrogens with zero attached hydrogens (tertiary/aromatic N) is 3. The van der Waals surface area contributed by atoms with Gasteiger partial charge in [0.25, 0.3) is 0 Å². The van der Waals surface area contributed by atoms with Crippen LogP contribution in [-0.2, 0) is 5.41 Å². The maximum atomic E-state index is 11.4. The summed E-state index contributed by atoms with van der Waals surface area (Å²) in [4.78, 5) is 10.4. The molecule has 4 heteroatoms. The highest BCUT2D eigenvalue weighted by Gasteiger charge is 2.38. The second kappa shape index (κ2) is 13.1. The SMILES string of the molecule is [2H]C([2H])([2H])c1ccc(-n2c(-c3ccccc3O)nc3c(-c4cc(-c5cc(-c6ccccc6)ccn5)c5c(c4)-c4ccccc4C5(C)C)cccc32)c(-c2ccccc2)c1. The van der Waals surface area contributed by atoms with E-state index in [0.29, 0.717) is 11.4 Å². The molecule has 2 heterocycles. The summed E-state index contributed by atoms with van der Waals surface area (Å²) in [6.07, 6.45) is 1.90. The number of benzene rings is 7. The molecule has 7 aromatic carbocycles. The maximum Gasteiger partial charge on any atom is 0.149 e. The molecule has 0 unspecified atom stereocenters. The summed E-state index contributed by atoms with van der Waals surface area (Å²) in [6, 6.07) is 56.4. The number of aryl methyl sites for hydroxylation is 1. The topological polar surface area (TPSA) is 50.9 Å². The fourth-order valence-corrected chi connectivity index (χ4v) is 8.67. The van der Waals surface area contributed by atoms with Crippen LogP contribution in [0.1, 0.15) is 34.7 Å². The van der Waals surface area contributed by atoms with Crippen LogP contribution in [0.5, 0.6) is 5.75 Å². The number of pyridine rings is 1. The van der Waals surface area contributed by atoms with E-state index < -0.39 is 6.85 Å². The quantitative estimate of drug-likeness (QED) is 0.186. The third-order valence-corrected chi connectivity index (χ3v) is 11.3. The monoisotopic (exact) mass is 724 g/mol. The number of aromatic hydroxyl groups is 1. The molecule has 10 rings (SSSR count). The Balaban J connectivity index is 1.27. The molecule has 4 nitrogen and oxygen atoms in total. The smallest absolute Gasteiger partial charge is 0.149 e. The summed E-state index contributed by atoms with van der Waals surface area (Å²) in [7, 11) is 0. The lowest BCUT2D eigenvalue weighted by Crippen LogP contribution is -2.16. The molecule has 0 saturated heterocycles. The molecule has 1 aliphatic carbocycles. The Kier molecular flexibility index (Phi) is 7.07. The van der Waals surface area contributed by atoms with E-state index in [0.717, 1.165) is 66.9 Å². The minimum absolute atomic E-state index is 0.0917. The molecule has 56 heavy (non-hydrogen) atoms. The highest BCUT2D eigenvalue weighted by molar-refractivity contribution is 6.00. The maximum absolute atomic E-state index is 11.4. The number of fused-ring (bicyclic) bond motifs is 4. The van der Waals surface area contributed by atoms with Crippen molar-refractivity contribution in [2.75, 3.05) is 0 Å². The van der Waals surface area contributed by atoms with Crippen LogP contribution in [-0.4, -0.2) is 19.6 Å². The molecular formula is C52H39N3O. The first-order valence-corrected chi connectivity index (χ1v) is 18.9. The van der Waals surface area contributed by atoms with Crippen LogP contribution in [0.4, 0.5) is 0 Å². The van der Waals surface area contributed by atoms with Gasteiger partial charge in [-0.15, -0.1) is 0 Å². The fraction of sp³-hybridized carbons (Fsp3) is 0.0769. The fourth-order valence-electron chi connectivity index (χ4n) is 8.67. The van der Waals surface area contributed by atoms with Crippen LogP contribution in [0.2, 0.25) is 0 Å². The number of imidazole rings is 1. The van der Waals surface area contributed by atoms with E-state index in [1.807, 2.05) is 72.9 Å². The average Bonchev–Trinajstić information content (AvgIpc) is 3.76. The largest absolute Gasteiger partial charge is 0.507 e. The molecule has 0 atom stereocenters. The van der Waals surface area contributed by atoms with Gasteiger partial charge < -0.3 is 5.11 Å². The Hall–Kier alpha value is -7.04. The normalized spacial score (nSPS) is 13.8. The summed E-state index contributed by atoms with van der Waals surface area (Å²) >= 11 is 0. The Morgan fingerprint density at radius 2 is 1.25 bits per heavy atom. The zero-order chi connectivity index (χ0) is 40.5. The van der Waals surface area contributed by atoms with Gasteiger partial charge >= 0.3 is 0 Å². The second-order valence-electron chi connectivity index (χ2n) is 15.0. The molecular weight excluding hydrogens is 683 g/mol. The minimum Gasteiger partial charge on any atom is -0.507 e.